The molecule has 25 heteroatoms. The maximum absolute atomic E-state index is 12.7. The van der Waals surface area contributed by atoms with Gasteiger partial charge in [-0.25, -0.2) is 19.7 Å². The lowest BCUT2D eigenvalue weighted by atomic mass is 9.73. The van der Waals surface area contributed by atoms with Crippen molar-refractivity contribution in [2.24, 2.45) is 48.9 Å². The van der Waals surface area contributed by atoms with Crippen LogP contribution in [0.3, 0.4) is 0 Å². The first-order chi connectivity index (χ1) is 40.1. The standard InChI is InChI=1S/C23H29IN4O3.C18H21IN4O.C13H18N2.C5H4ClIN2O.CH4.2ClH.HI.H3P/c1-22(2,3)31-21(30)26-18-16-8-6-5-7-15(16)13-23(18)9-11-28(12-10-23)20-25-14-17(24)19(29)27(20)4;1-22-16(24)14(19)11-21-17(22)23-8-6-18(7-9-23)10-12-4-2-3-5-13(12)15(18)20;14-12-11-4-2-1-3-10(11)9-13(12)5-7-15-8-6-13;1-9-4(10)3(7)2-8-5(9)6;;;;;/h5-8,14,18H,9-13H2,1-4H3,(H,26,30);2-5,11,15H,6-10,20H2,1H3;1-4,12,15H,5-9,14H2;2H,1H3;1H4;3*1H;1H3/t18-;15-;12-;;;;;;/m111....../s1/i;;;;1D;;;;1D. The second-order valence-electron chi connectivity index (χ2n) is 23.3. The molecule has 1 unspecified atom stereocenters. The summed E-state index contributed by atoms with van der Waals surface area (Å²) < 4.78 is 23.4. The van der Waals surface area contributed by atoms with Crippen molar-refractivity contribution >= 4 is 156 Å². The minimum Gasteiger partial charge on any atom is -0.444 e. The van der Waals surface area contributed by atoms with Crippen LogP contribution in [-0.4, -0.2) is 80.9 Å². The van der Waals surface area contributed by atoms with Gasteiger partial charge in [-0.1, -0.05) is 80.2 Å². The number of ether oxygens (including phenoxy) is 1. The molecule has 3 fully saturated rings. The quantitative estimate of drug-likeness (QED) is 0.0738. The lowest BCUT2D eigenvalue weighted by molar-refractivity contribution is 0.0427. The van der Waals surface area contributed by atoms with E-state index < -0.39 is 5.60 Å². The zero-order chi connectivity index (χ0) is 61.3. The molecule has 85 heavy (non-hydrogen) atoms. The first kappa shape index (κ1) is 71.3. The second kappa shape index (κ2) is 31.3. The number of hydrogen-bond acceptors (Lipinski definition) is 13. The molecular weight excluding hydrogens is 1610 g/mol. The highest BCUT2D eigenvalue weighted by Gasteiger charge is 2.50. The highest BCUT2D eigenvalue weighted by atomic mass is 127. The number of piperidine rings is 3. The molecule has 0 bridgehead atoms. The topological polar surface area (TPSA) is 214 Å². The van der Waals surface area contributed by atoms with Crippen molar-refractivity contribution in [2.45, 2.75) is 110 Å². The Hall–Kier alpha value is -2.73. The highest BCUT2D eigenvalue weighted by Crippen LogP contribution is 2.53. The average molecular weight is 1700 g/mol. The average Bonchev–Trinajstić information content (AvgIpc) is 1.68. The zero-order valence-electron chi connectivity index (χ0n) is 51.1. The Kier molecular flexibility index (Phi) is 26.3. The van der Waals surface area contributed by atoms with Crippen molar-refractivity contribution in [3.05, 3.63) is 172 Å². The van der Waals surface area contributed by atoms with Crippen molar-refractivity contribution in [1.82, 2.24) is 39.3 Å². The SMILES string of the molecule is Cl.Cl.Cn1c(Cl)ncc(I)c1=O.Cn1c(N2CCC3(CC2)Cc2ccccc2[C@H]3N)ncc(I)c1=O.Cn1c(N2CCC3(CC2)Cc2ccccc2[C@H]3NC(=O)OC(C)(C)C)ncc(I)c1=O.I.N[C@@H]1c2ccccc2CC12CCNCC2.[2H]C.[2H]P. The van der Waals surface area contributed by atoms with E-state index in [1.165, 1.54) is 70.8 Å². The van der Waals surface area contributed by atoms with Crippen LogP contribution in [0.4, 0.5) is 16.7 Å². The predicted octanol–water partition coefficient (Wildman–Crippen LogP) is 10.8. The number of hydrogen-bond donors (Lipinski definition) is 4. The summed E-state index contributed by atoms with van der Waals surface area (Å²) in [6.45, 7) is 11.2. The van der Waals surface area contributed by atoms with Crippen LogP contribution in [0.15, 0.2) is 106 Å². The summed E-state index contributed by atoms with van der Waals surface area (Å²) >= 11 is 11.5. The van der Waals surface area contributed by atoms with Crippen LogP contribution >= 0.6 is 138 Å². The minimum absolute atomic E-state index is 0. The normalized spacial score (nSPS) is 19.7. The van der Waals surface area contributed by atoms with E-state index in [9.17, 15) is 19.2 Å². The number of carbonyl (C=O) groups is 1. The fraction of sp³-hybridized carbons (Fsp3) is 0.483. The summed E-state index contributed by atoms with van der Waals surface area (Å²) in [6.07, 6.45) is 13.9. The van der Waals surface area contributed by atoms with E-state index in [0.29, 0.717) is 22.1 Å². The second-order valence-corrected chi connectivity index (χ2v) is 27.1. The molecule has 3 saturated heterocycles. The van der Waals surface area contributed by atoms with E-state index in [0.717, 1.165) is 83.7 Å². The number of alkyl carbamates (subject to hydrolysis) is 1. The fourth-order valence-corrected chi connectivity index (χ4v) is 14.5. The summed E-state index contributed by atoms with van der Waals surface area (Å²) in [4.78, 5) is 65.3. The van der Waals surface area contributed by atoms with E-state index in [1.54, 1.807) is 52.5 Å². The lowest BCUT2D eigenvalue weighted by Crippen LogP contribution is -2.48. The maximum Gasteiger partial charge on any atom is 0.408 e. The molecule has 3 aliphatic carbocycles. The molecule has 12 rings (SSSR count). The Morgan fingerprint density at radius 1 is 0.647 bits per heavy atom. The first-order valence-electron chi connectivity index (χ1n) is 28.9. The summed E-state index contributed by atoms with van der Waals surface area (Å²) in [5.74, 6) is 1.46. The number of nitrogens with zero attached hydrogens (tertiary/aromatic N) is 8. The molecule has 466 valence electrons. The Morgan fingerprint density at radius 2 is 1.00 bits per heavy atom. The minimum atomic E-state index is -0.542. The van der Waals surface area contributed by atoms with E-state index in [2.05, 4.69) is 102 Å². The van der Waals surface area contributed by atoms with Gasteiger partial charge in [0.1, 0.15) is 5.60 Å². The predicted molar refractivity (Wildman–Crippen MR) is 388 cm³/mol. The molecule has 6 heterocycles. The monoisotopic (exact) mass is 1700 g/mol. The summed E-state index contributed by atoms with van der Waals surface area (Å²) in [6, 6.07) is 25.9. The van der Waals surface area contributed by atoms with Crippen LogP contribution in [0, 0.1) is 27.0 Å². The molecule has 6 N–H and O–H groups in total. The van der Waals surface area contributed by atoms with E-state index in [-0.39, 0.29) is 106 Å². The molecule has 4 atom stereocenters. The molecule has 3 aromatic carbocycles. The molecule has 3 aromatic heterocycles. The van der Waals surface area contributed by atoms with Gasteiger partial charge in [0, 0.05) is 84.8 Å². The van der Waals surface area contributed by atoms with Gasteiger partial charge in [0.25, 0.3) is 16.7 Å². The third-order valence-electron chi connectivity index (χ3n) is 17.3. The Bertz CT molecular complexity index is 3450. The number of carbonyl (C=O) groups excluding carboxylic acids is 1. The number of nitrogens with two attached hydrogens (primary N) is 2. The smallest absolute Gasteiger partial charge is 0.408 e. The van der Waals surface area contributed by atoms with Crippen LogP contribution in [0.25, 0.3) is 0 Å². The molecule has 6 aliphatic rings. The number of amides is 1. The van der Waals surface area contributed by atoms with Gasteiger partial charge in [-0.05, 0) is 215 Å². The molecule has 6 aromatic rings. The van der Waals surface area contributed by atoms with Gasteiger partial charge in [0.15, 0.2) is 0 Å². The van der Waals surface area contributed by atoms with Gasteiger partial charge in [-0.2, -0.15) is 9.84 Å². The molecule has 0 saturated carbocycles. The zero-order valence-corrected chi connectivity index (χ0v) is 61.4. The number of anilines is 2. The van der Waals surface area contributed by atoms with Crippen LogP contribution in [0.2, 0.25) is 5.28 Å². The van der Waals surface area contributed by atoms with Gasteiger partial charge in [0.2, 0.25) is 17.2 Å². The third kappa shape index (κ3) is 16.3. The summed E-state index contributed by atoms with van der Waals surface area (Å²) in [5, 5.41) is 6.82. The number of benzene rings is 3. The van der Waals surface area contributed by atoms with Crippen LogP contribution in [-0.2, 0) is 45.1 Å². The van der Waals surface area contributed by atoms with Crippen LogP contribution in [0.5, 0.6) is 0 Å². The first-order valence-corrected chi connectivity index (χ1v) is 30.9. The van der Waals surface area contributed by atoms with Crippen molar-refractivity contribution in [1.29, 1.82) is 1.28 Å². The lowest BCUT2D eigenvalue weighted by Gasteiger charge is -2.44. The van der Waals surface area contributed by atoms with Gasteiger partial charge in [-0.3, -0.25) is 28.1 Å². The number of halogens is 7. The van der Waals surface area contributed by atoms with Crippen LogP contribution in [0.1, 0.15) is 120 Å². The van der Waals surface area contributed by atoms with Gasteiger partial charge < -0.3 is 36.6 Å². The maximum atomic E-state index is 12.7. The molecule has 3 spiro atoms. The van der Waals surface area contributed by atoms with Gasteiger partial charge in [-0.15, -0.1) is 48.8 Å². The number of fused-ring (bicyclic) bond motifs is 3. The third-order valence-corrected chi connectivity index (χ3v) is 19.9. The van der Waals surface area contributed by atoms with Crippen molar-refractivity contribution in [2.75, 3.05) is 49.1 Å². The Balaban J connectivity index is 0.000000257. The highest BCUT2D eigenvalue weighted by molar-refractivity contribution is 14.1. The van der Waals surface area contributed by atoms with E-state index in [4.69, 9.17) is 30.5 Å². The van der Waals surface area contributed by atoms with Crippen LogP contribution < -0.4 is 48.6 Å². The molecule has 0 radical (unpaired) electrons. The van der Waals surface area contributed by atoms with Crippen molar-refractivity contribution in [3.63, 3.8) is 0 Å². The number of nitrogens with one attached hydrogen (secondary N) is 2. The fourth-order valence-electron chi connectivity index (χ4n) is 12.8. The van der Waals surface area contributed by atoms with Gasteiger partial charge >= 0.3 is 6.09 Å². The Labute approximate surface area is 581 Å². The number of rotatable bonds is 3. The molecule has 3 aliphatic heterocycles. The van der Waals surface area contributed by atoms with E-state index in [1.807, 2.05) is 94.6 Å². The summed E-state index contributed by atoms with van der Waals surface area (Å²) in [5.41, 5.74) is 20.9. The summed E-state index contributed by atoms with van der Waals surface area (Å²) in [7, 11) is 8.07. The van der Waals surface area contributed by atoms with Crippen molar-refractivity contribution in [3.8, 4) is 0 Å². The Morgan fingerprint density at radius 3 is 1.41 bits per heavy atom. The van der Waals surface area contributed by atoms with E-state index >= 15 is 0 Å². The molecule has 17 nitrogen and oxygen atoms in total. The van der Waals surface area contributed by atoms with Crippen molar-refractivity contribution < 1.29 is 10.9 Å². The van der Waals surface area contributed by atoms with Gasteiger partial charge in [0.05, 0.1) is 18.0 Å². The largest absolute Gasteiger partial charge is 0.444 e. The number of aromatic nitrogens is 6. The molecule has 1 amide bonds. The molecular formula is C60H82Cl3I4N12O5P.